The number of nitrogens with two attached hydrogens (primary N) is 1. The molecule has 0 spiro atoms. The number of hydrogen-bond acceptors (Lipinski definition) is 5. The lowest BCUT2D eigenvalue weighted by Crippen LogP contribution is -2.39. The van der Waals surface area contributed by atoms with Crippen molar-refractivity contribution in [1.82, 2.24) is 14.7 Å². The van der Waals surface area contributed by atoms with E-state index in [1.54, 1.807) is 0 Å². The highest BCUT2D eigenvalue weighted by atomic mass is 35.5. The van der Waals surface area contributed by atoms with Crippen LogP contribution in [0.3, 0.4) is 0 Å². The number of aryl methyl sites for hydroxylation is 1. The Hall–Kier alpha value is -3.20. The van der Waals surface area contributed by atoms with Gasteiger partial charge in [-0.2, -0.15) is 5.10 Å². The quantitative estimate of drug-likeness (QED) is 0.405. The average Bonchev–Trinajstić information content (AvgIpc) is 3.52. The minimum atomic E-state index is -0.298. The summed E-state index contributed by atoms with van der Waals surface area (Å²) in [5.74, 6) is -0.480. The van der Waals surface area contributed by atoms with E-state index in [0.717, 1.165) is 52.2 Å². The zero-order chi connectivity index (χ0) is 23.8. The zero-order valence-electron chi connectivity index (χ0n) is 18.6. The van der Waals surface area contributed by atoms with Crippen LogP contribution in [-0.4, -0.2) is 39.1 Å². The fourth-order valence-corrected chi connectivity index (χ4v) is 5.73. The first-order valence-electron chi connectivity index (χ1n) is 11.1. The van der Waals surface area contributed by atoms with E-state index >= 15 is 0 Å². The predicted molar refractivity (Wildman–Crippen MR) is 136 cm³/mol. The summed E-state index contributed by atoms with van der Waals surface area (Å²) in [6, 6.07) is 16.8. The summed E-state index contributed by atoms with van der Waals surface area (Å²) in [5, 5.41) is 9.25. The second-order valence-electron chi connectivity index (χ2n) is 8.45. The summed E-state index contributed by atoms with van der Waals surface area (Å²) in [6.45, 7) is 3.29. The molecule has 2 amide bonds. The molecule has 34 heavy (non-hydrogen) atoms. The molecular formula is C25H24ClN5O2S. The van der Waals surface area contributed by atoms with Crippen molar-refractivity contribution in [1.29, 1.82) is 0 Å². The molecule has 0 radical (unpaired) electrons. The molecule has 3 N–H and O–H groups in total. The highest BCUT2D eigenvalue weighted by molar-refractivity contribution is 7.20. The number of aromatic nitrogens is 2. The third-order valence-corrected chi connectivity index (χ3v) is 7.50. The van der Waals surface area contributed by atoms with Gasteiger partial charge in [-0.15, -0.1) is 11.3 Å². The van der Waals surface area contributed by atoms with Crippen LogP contribution in [0.25, 0.3) is 15.9 Å². The fourth-order valence-electron chi connectivity index (χ4n) is 4.46. The number of nitrogens with zero attached hydrogens (tertiary/aromatic N) is 3. The number of rotatable bonds is 6. The summed E-state index contributed by atoms with van der Waals surface area (Å²) in [6.07, 6.45) is 1.71. The Kier molecular flexibility index (Phi) is 6.12. The van der Waals surface area contributed by atoms with Gasteiger partial charge >= 0.3 is 0 Å². The number of carbonyl (C=O) groups is 2. The summed E-state index contributed by atoms with van der Waals surface area (Å²) in [4.78, 5) is 28.6. The van der Waals surface area contributed by atoms with E-state index in [2.05, 4.69) is 15.3 Å². The van der Waals surface area contributed by atoms with Gasteiger partial charge in [-0.25, -0.2) is 4.68 Å². The second kappa shape index (κ2) is 9.21. The van der Waals surface area contributed by atoms with Gasteiger partial charge in [0, 0.05) is 22.6 Å². The van der Waals surface area contributed by atoms with Gasteiger partial charge in [0.25, 0.3) is 5.91 Å². The minimum absolute atomic E-state index is 0.182. The van der Waals surface area contributed by atoms with Crippen molar-refractivity contribution >= 4 is 50.7 Å². The predicted octanol–water partition coefficient (Wildman–Crippen LogP) is 4.75. The first-order valence-corrected chi connectivity index (χ1v) is 12.3. The van der Waals surface area contributed by atoms with E-state index in [0.29, 0.717) is 16.4 Å². The van der Waals surface area contributed by atoms with Crippen LogP contribution in [0.15, 0.2) is 54.6 Å². The van der Waals surface area contributed by atoms with Gasteiger partial charge in [0.2, 0.25) is 5.91 Å². The third-order valence-electron chi connectivity index (χ3n) is 6.15. The first-order chi connectivity index (χ1) is 16.4. The SMILES string of the molecule is Cc1nn(-c2cccc(Cl)c2)c2sc(C(=O)Nc3ccccc3CN3CCCC3C(N)=O)cc12. The maximum absolute atomic E-state index is 13.2. The molecular weight excluding hydrogens is 470 g/mol. The van der Waals surface area contributed by atoms with Crippen LogP contribution in [-0.2, 0) is 11.3 Å². The number of amides is 2. The molecule has 1 saturated heterocycles. The Bertz CT molecular complexity index is 1400. The lowest BCUT2D eigenvalue weighted by atomic mass is 10.1. The summed E-state index contributed by atoms with van der Waals surface area (Å²) in [5.41, 5.74) is 8.95. The number of hydrogen-bond donors (Lipinski definition) is 2. The molecule has 1 atom stereocenters. The molecule has 174 valence electrons. The smallest absolute Gasteiger partial charge is 0.265 e. The van der Waals surface area contributed by atoms with Crippen LogP contribution in [0.5, 0.6) is 0 Å². The summed E-state index contributed by atoms with van der Waals surface area (Å²) >= 11 is 7.56. The molecule has 5 rings (SSSR count). The Morgan fingerprint density at radius 1 is 1.21 bits per heavy atom. The van der Waals surface area contributed by atoms with Gasteiger partial charge < -0.3 is 11.1 Å². The van der Waals surface area contributed by atoms with Gasteiger partial charge in [0.1, 0.15) is 4.83 Å². The molecule has 9 heteroatoms. The fraction of sp³-hybridized carbons (Fsp3) is 0.240. The van der Waals surface area contributed by atoms with E-state index in [9.17, 15) is 9.59 Å². The first kappa shape index (κ1) is 22.6. The maximum Gasteiger partial charge on any atom is 0.265 e. The molecule has 0 aliphatic carbocycles. The van der Waals surface area contributed by atoms with E-state index in [1.165, 1.54) is 11.3 Å². The van der Waals surface area contributed by atoms with Crippen LogP contribution in [0.1, 0.15) is 33.8 Å². The normalized spacial score (nSPS) is 16.2. The number of nitrogens with one attached hydrogen (secondary N) is 1. The average molecular weight is 494 g/mol. The third kappa shape index (κ3) is 4.32. The molecule has 1 unspecified atom stereocenters. The van der Waals surface area contributed by atoms with E-state index in [-0.39, 0.29) is 17.9 Å². The van der Waals surface area contributed by atoms with Crippen LogP contribution >= 0.6 is 22.9 Å². The number of para-hydroxylation sites is 1. The second-order valence-corrected chi connectivity index (χ2v) is 9.92. The Morgan fingerprint density at radius 2 is 2.03 bits per heavy atom. The number of halogens is 1. The van der Waals surface area contributed by atoms with Gasteiger partial charge in [0.15, 0.2) is 0 Å². The molecule has 1 aliphatic heterocycles. The Balaban J connectivity index is 1.41. The van der Waals surface area contributed by atoms with Crippen molar-refractivity contribution in [2.45, 2.75) is 32.4 Å². The number of anilines is 1. The number of benzene rings is 2. The van der Waals surface area contributed by atoms with Crippen LogP contribution in [0.4, 0.5) is 5.69 Å². The minimum Gasteiger partial charge on any atom is -0.368 e. The molecule has 2 aromatic carbocycles. The van der Waals surface area contributed by atoms with E-state index in [1.807, 2.05) is 66.2 Å². The lowest BCUT2D eigenvalue weighted by Gasteiger charge is -2.23. The molecule has 0 saturated carbocycles. The number of likely N-dealkylation sites (tertiary alicyclic amines) is 1. The topological polar surface area (TPSA) is 93.2 Å². The van der Waals surface area contributed by atoms with Crippen LogP contribution in [0.2, 0.25) is 5.02 Å². The number of fused-ring (bicyclic) bond motifs is 1. The zero-order valence-corrected chi connectivity index (χ0v) is 20.2. The summed E-state index contributed by atoms with van der Waals surface area (Å²) < 4.78 is 1.82. The Morgan fingerprint density at radius 3 is 2.82 bits per heavy atom. The largest absolute Gasteiger partial charge is 0.368 e. The van der Waals surface area contributed by atoms with Crippen LogP contribution < -0.4 is 11.1 Å². The number of thiophene rings is 1. The highest BCUT2D eigenvalue weighted by Crippen LogP contribution is 2.32. The Labute approximate surface area is 206 Å². The molecule has 1 aliphatic rings. The molecule has 7 nitrogen and oxygen atoms in total. The highest BCUT2D eigenvalue weighted by Gasteiger charge is 2.29. The summed E-state index contributed by atoms with van der Waals surface area (Å²) in [7, 11) is 0. The van der Waals surface area contributed by atoms with Crippen molar-refractivity contribution in [3.8, 4) is 5.69 Å². The van der Waals surface area contributed by atoms with Crippen molar-refractivity contribution in [2.24, 2.45) is 5.73 Å². The molecule has 4 aromatic rings. The van der Waals surface area contributed by atoms with E-state index < -0.39 is 0 Å². The number of primary amides is 1. The van der Waals surface area contributed by atoms with Gasteiger partial charge in [-0.1, -0.05) is 35.9 Å². The van der Waals surface area contributed by atoms with Crippen molar-refractivity contribution in [3.05, 3.63) is 75.8 Å². The number of carbonyl (C=O) groups excluding carboxylic acids is 2. The lowest BCUT2D eigenvalue weighted by molar-refractivity contribution is -0.122. The molecule has 1 fully saturated rings. The van der Waals surface area contributed by atoms with Gasteiger partial charge in [-0.05, 0) is 62.2 Å². The van der Waals surface area contributed by atoms with E-state index in [4.69, 9.17) is 17.3 Å². The molecule has 3 heterocycles. The van der Waals surface area contributed by atoms with Crippen LogP contribution in [0, 0.1) is 6.92 Å². The van der Waals surface area contributed by atoms with Gasteiger partial charge in [-0.3, -0.25) is 14.5 Å². The maximum atomic E-state index is 13.2. The van der Waals surface area contributed by atoms with Crippen molar-refractivity contribution in [3.63, 3.8) is 0 Å². The van der Waals surface area contributed by atoms with Crippen molar-refractivity contribution < 1.29 is 9.59 Å². The van der Waals surface area contributed by atoms with Crippen molar-refractivity contribution in [2.75, 3.05) is 11.9 Å². The molecule has 0 bridgehead atoms. The van der Waals surface area contributed by atoms with Gasteiger partial charge in [0.05, 0.1) is 22.3 Å². The standard InChI is InChI=1S/C25H24ClN5O2S/c1-15-19-13-22(34-25(19)31(29-15)18-8-4-7-17(26)12-18)24(33)28-20-9-3-2-6-16(20)14-30-11-5-10-21(30)23(27)32/h2-4,6-9,12-13,21H,5,10-11,14H2,1H3,(H2,27,32)(H,28,33). The monoisotopic (exact) mass is 493 g/mol. The molecule has 2 aromatic heterocycles.